The van der Waals surface area contributed by atoms with Crippen molar-refractivity contribution < 1.29 is 27.8 Å². The standard InChI is InChI=1S/C31H42N2O6S/c1-40(36,37)32-27-11-9-10-26(22-27)25-15-13-24(14-16-25)23-39-29-18-17-28(33-19-6-2-3-7-20-33)31(29)38-21-8-4-5-12-30(34)35/h4,8-11,13-16,22,28-29,31-32H,2-3,5-7,12,17-21,23H2,1H3,(H,34,35)/b8-4-/t28-,29?,31+/m0/s1. The number of hydrogen-bond acceptors (Lipinski definition) is 6. The first-order valence-corrected chi connectivity index (χ1v) is 16.2. The van der Waals surface area contributed by atoms with Crippen LogP contribution in [-0.2, 0) is 30.9 Å². The molecule has 2 N–H and O–H groups in total. The molecule has 1 aliphatic carbocycles. The van der Waals surface area contributed by atoms with Crippen LogP contribution >= 0.6 is 0 Å². The predicted octanol–water partition coefficient (Wildman–Crippen LogP) is 5.45. The number of nitrogens with zero attached hydrogens (tertiary/aromatic N) is 1. The van der Waals surface area contributed by atoms with Gasteiger partial charge in [0.05, 0.1) is 31.7 Å². The molecule has 3 atom stereocenters. The van der Waals surface area contributed by atoms with Crippen LogP contribution in [0.3, 0.4) is 0 Å². The van der Waals surface area contributed by atoms with E-state index in [1.807, 2.05) is 54.6 Å². The summed E-state index contributed by atoms with van der Waals surface area (Å²) in [6, 6.07) is 15.9. The molecule has 2 fully saturated rings. The SMILES string of the molecule is CS(=O)(=O)Nc1cccc(-c2ccc(COC3CC[C@H](N4CCCCCC4)[C@H]3OC/C=C\CCC(=O)O)cc2)c1. The highest BCUT2D eigenvalue weighted by atomic mass is 32.2. The van der Waals surface area contributed by atoms with Gasteiger partial charge in [0.1, 0.15) is 0 Å². The summed E-state index contributed by atoms with van der Waals surface area (Å²) >= 11 is 0. The Morgan fingerprint density at radius 3 is 2.45 bits per heavy atom. The highest BCUT2D eigenvalue weighted by Gasteiger charge is 2.40. The van der Waals surface area contributed by atoms with Crippen LogP contribution in [0.2, 0.25) is 0 Å². The summed E-state index contributed by atoms with van der Waals surface area (Å²) in [4.78, 5) is 13.4. The molecular formula is C31H42N2O6S. The molecule has 2 aliphatic rings. The summed E-state index contributed by atoms with van der Waals surface area (Å²) in [5.41, 5.74) is 3.54. The zero-order valence-corrected chi connectivity index (χ0v) is 24.2. The van der Waals surface area contributed by atoms with Crippen LogP contribution in [0.15, 0.2) is 60.7 Å². The molecule has 1 aliphatic heterocycles. The Hall–Kier alpha value is -2.72. The fraction of sp³-hybridized carbons (Fsp3) is 0.516. The van der Waals surface area contributed by atoms with E-state index < -0.39 is 16.0 Å². The molecule has 0 bridgehead atoms. The summed E-state index contributed by atoms with van der Waals surface area (Å²) in [5, 5.41) is 8.84. The lowest BCUT2D eigenvalue weighted by molar-refractivity contribution is -0.136. The van der Waals surface area contributed by atoms with Crippen molar-refractivity contribution in [1.29, 1.82) is 0 Å². The van der Waals surface area contributed by atoms with Crippen LogP contribution in [-0.4, -0.2) is 68.6 Å². The number of carbonyl (C=O) groups is 1. The molecule has 1 heterocycles. The fourth-order valence-electron chi connectivity index (χ4n) is 5.66. The Morgan fingerprint density at radius 2 is 1.75 bits per heavy atom. The maximum absolute atomic E-state index is 11.6. The number of carboxylic acids is 1. The van der Waals surface area contributed by atoms with E-state index in [0.29, 0.717) is 31.4 Å². The van der Waals surface area contributed by atoms with Crippen molar-refractivity contribution in [1.82, 2.24) is 4.90 Å². The van der Waals surface area contributed by atoms with Gasteiger partial charge in [-0.25, -0.2) is 8.42 Å². The molecule has 1 saturated carbocycles. The molecule has 8 nitrogen and oxygen atoms in total. The summed E-state index contributed by atoms with van der Waals surface area (Å²) in [6.07, 6.45) is 12.6. The Labute approximate surface area is 238 Å². The number of carboxylic acid groups (broad SMARTS) is 1. The van der Waals surface area contributed by atoms with Gasteiger partial charge in [-0.15, -0.1) is 0 Å². The number of allylic oxidation sites excluding steroid dienone is 1. The van der Waals surface area contributed by atoms with E-state index in [1.165, 1.54) is 25.7 Å². The molecule has 1 unspecified atom stereocenters. The van der Waals surface area contributed by atoms with E-state index in [-0.39, 0.29) is 18.6 Å². The highest BCUT2D eigenvalue weighted by molar-refractivity contribution is 7.92. The number of ether oxygens (including phenoxy) is 2. The van der Waals surface area contributed by atoms with Gasteiger partial charge in [0.25, 0.3) is 0 Å². The summed E-state index contributed by atoms with van der Waals surface area (Å²) in [6.45, 7) is 3.15. The summed E-state index contributed by atoms with van der Waals surface area (Å²) in [7, 11) is -3.33. The van der Waals surface area contributed by atoms with Crippen LogP contribution in [0.5, 0.6) is 0 Å². The van der Waals surface area contributed by atoms with Crippen molar-refractivity contribution >= 4 is 21.7 Å². The molecule has 0 spiro atoms. The van der Waals surface area contributed by atoms with E-state index in [1.54, 1.807) is 6.07 Å². The van der Waals surface area contributed by atoms with E-state index in [2.05, 4.69) is 9.62 Å². The lowest BCUT2D eigenvalue weighted by Gasteiger charge is -2.33. The summed E-state index contributed by atoms with van der Waals surface area (Å²) < 4.78 is 38.5. The Balaban J connectivity index is 1.37. The molecule has 1 saturated heterocycles. The van der Waals surface area contributed by atoms with Crippen LogP contribution in [0, 0.1) is 0 Å². The summed E-state index contributed by atoms with van der Waals surface area (Å²) in [5.74, 6) is -0.790. The van der Waals surface area contributed by atoms with Gasteiger partial charge in [-0.1, -0.05) is 61.4 Å². The van der Waals surface area contributed by atoms with Crippen LogP contribution in [0.4, 0.5) is 5.69 Å². The average Bonchev–Trinajstić information content (AvgIpc) is 3.11. The van der Waals surface area contributed by atoms with E-state index in [4.69, 9.17) is 14.6 Å². The molecular weight excluding hydrogens is 528 g/mol. The molecule has 9 heteroatoms. The maximum Gasteiger partial charge on any atom is 0.303 e. The Kier molecular flexibility index (Phi) is 11.2. The van der Waals surface area contributed by atoms with Crippen molar-refractivity contribution in [2.75, 3.05) is 30.7 Å². The van der Waals surface area contributed by atoms with Gasteiger partial charge in [0.2, 0.25) is 10.0 Å². The van der Waals surface area contributed by atoms with Gasteiger partial charge >= 0.3 is 5.97 Å². The predicted molar refractivity (Wildman–Crippen MR) is 158 cm³/mol. The van der Waals surface area contributed by atoms with Crippen molar-refractivity contribution in [3.05, 3.63) is 66.2 Å². The third kappa shape index (κ3) is 9.44. The maximum atomic E-state index is 11.6. The topological polar surface area (TPSA) is 105 Å². The quantitative estimate of drug-likeness (QED) is 0.308. The number of anilines is 1. The molecule has 218 valence electrons. The second-order valence-electron chi connectivity index (χ2n) is 10.8. The first-order chi connectivity index (χ1) is 19.3. The minimum absolute atomic E-state index is 0.000835. The first-order valence-electron chi connectivity index (χ1n) is 14.3. The number of benzene rings is 2. The van der Waals surface area contributed by atoms with E-state index >= 15 is 0 Å². The van der Waals surface area contributed by atoms with Crippen molar-refractivity contribution in [2.45, 2.75) is 76.2 Å². The molecule has 0 radical (unpaired) electrons. The molecule has 0 amide bonds. The van der Waals surface area contributed by atoms with Gasteiger partial charge in [0, 0.05) is 18.2 Å². The van der Waals surface area contributed by atoms with Crippen LogP contribution in [0.25, 0.3) is 11.1 Å². The first kappa shape index (κ1) is 30.2. The molecule has 0 aromatic heterocycles. The van der Waals surface area contributed by atoms with Crippen LogP contribution in [0.1, 0.15) is 56.9 Å². The van der Waals surface area contributed by atoms with Gasteiger partial charge in [0.15, 0.2) is 0 Å². The van der Waals surface area contributed by atoms with Gasteiger partial charge < -0.3 is 14.6 Å². The largest absolute Gasteiger partial charge is 0.481 e. The third-order valence-electron chi connectivity index (χ3n) is 7.60. The van der Waals surface area contributed by atoms with Gasteiger partial charge in [-0.3, -0.25) is 14.4 Å². The lowest BCUT2D eigenvalue weighted by atomic mass is 10.0. The fourth-order valence-corrected chi connectivity index (χ4v) is 6.21. The number of sulfonamides is 1. The molecule has 2 aromatic carbocycles. The Bertz CT molecular complexity index is 1220. The highest BCUT2D eigenvalue weighted by Crippen LogP contribution is 2.32. The zero-order valence-electron chi connectivity index (χ0n) is 23.3. The monoisotopic (exact) mass is 570 g/mol. The number of aliphatic carboxylic acids is 1. The van der Waals surface area contributed by atoms with Gasteiger partial charge in [-0.2, -0.15) is 0 Å². The molecule has 2 aromatic rings. The number of hydrogen-bond donors (Lipinski definition) is 2. The number of likely N-dealkylation sites (tertiary alicyclic amines) is 1. The van der Waals surface area contributed by atoms with E-state index in [0.717, 1.165) is 48.9 Å². The Morgan fingerprint density at radius 1 is 1.00 bits per heavy atom. The minimum atomic E-state index is -3.33. The smallest absolute Gasteiger partial charge is 0.303 e. The number of rotatable bonds is 13. The molecule has 40 heavy (non-hydrogen) atoms. The van der Waals surface area contributed by atoms with Crippen molar-refractivity contribution in [3.63, 3.8) is 0 Å². The second kappa shape index (κ2) is 14.8. The molecule has 4 rings (SSSR count). The lowest BCUT2D eigenvalue weighted by Crippen LogP contribution is -2.45. The second-order valence-corrected chi connectivity index (χ2v) is 12.5. The normalized spacial score (nSPS) is 22.4. The van der Waals surface area contributed by atoms with Gasteiger partial charge in [-0.05, 0) is 74.0 Å². The zero-order chi connectivity index (χ0) is 28.4. The third-order valence-corrected chi connectivity index (χ3v) is 8.20. The number of nitrogens with one attached hydrogen (secondary N) is 1. The average molecular weight is 571 g/mol. The van der Waals surface area contributed by atoms with Crippen molar-refractivity contribution in [3.8, 4) is 11.1 Å². The van der Waals surface area contributed by atoms with Crippen LogP contribution < -0.4 is 4.72 Å². The van der Waals surface area contributed by atoms with Crippen molar-refractivity contribution in [2.24, 2.45) is 0 Å². The van der Waals surface area contributed by atoms with E-state index in [9.17, 15) is 13.2 Å². The minimum Gasteiger partial charge on any atom is -0.481 e.